The second-order valence-electron chi connectivity index (χ2n) is 4.89. The predicted molar refractivity (Wildman–Crippen MR) is 88.5 cm³/mol. The second-order valence-corrected chi connectivity index (χ2v) is 8.69. The average molecular weight is 398 g/mol. The van der Waals surface area contributed by atoms with Gasteiger partial charge in [0.05, 0.1) is 0 Å². The van der Waals surface area contributed by atoms with E-state index in [4.69, 9.17) is 0 Å². The van der Waals surface area contributed by atoms with Crippen LogP contribution >= 0.6 is 11.8 Å². The van der Waals surface area contributed by atoms with E-state index in [0.717, 1.165) is 4.91 Å². The first-order valence-electron chi connectivity index (χ1n) is 6.43. The zero-order valence-corrected chi connectivity index (χ0v) is 14.8. The molecule has 0 amide bonds. The third-order valence-electron chi connectivity index (χ3n) is 2.62. The van der Waals surface area contributed by atoms with Crippen molar-refractivity contribution in [2.24, 2.45) is 0 Å². The van der Waals surface area contributed by atoms with Gasteiger partial charge in [-0.05, 0) is 0 Å². The van der Waals surface area contributed by atoms with Gasteiger partial charge in [0.1, 0.15) is 0 Å². The number of benzene rings is 2. The van der Waals surface area contributed by atoms with Crippen molar-refractivity contribution in [3.8, 4) is 0 Å². The van der Waals surface area contributed by atoms with E-state index in [1.54, 1.807) is 11.8 Å². The Morgan fingerprint density at radius 2 is 1.55 bits per heavy atom. The summed E-state index contributed by atoms with van der Waals surface area (Å²) in [4.78, 5) is 2.20. The predicted octanol–water partition coefficient (Wildman–Crippen LogP) is 3.42. The summed E-state index contributed by atoms with van der Waals surface area (Å²) in [6.07, 6.45) is 0. The fraction of sp³-hybridized carbons (Fsp3) is 0.176. The van der Waals surface area contributed by atoms with Crippen LogP contribution in [0.5, 0.6) is 0 Å². The molecule has 0 saturated heterocycles. The number of rotatable bonds is 5. The Balaban J connectivity index is 2.16. The van der Waals surface area contributed by atoms with Gasteiger partial charge in [-0.15, -0.1) is 0 Å². The maximum atomic E-state index is 10.3. The maximum absolute atomic E-state index is 10.3. The average Bonchev–Trinajstić information content (AvgIpc) is 2.44. The van der Waals surface area contributed by atoms with Crippen molar-refractivity contribution in [2.45, 2.75) is 24.3 Å². The topological polar surface area (TPSA) is 20.2 Å². The summed E-state index contributed by atoms with van der Waals surface area (Å²) in [6, 6.07) is 20.7. The third-order valence-corrected chi connectivity index (χ3v) is 6.99. The minimum absolute atomic E-state index is 0.412. The Labute approximate surface area is 135 Å². The van der Waals surface area contributed by atoms with Crippen molar-refractivity contribution in [1.82, 2.24) is 0 Å². The second kappa shape index (κ2) is 7.33. The van der Waals surface area contributed by atoms with Crippen LogP contribution in [0.4, 0.5) is 0 Å². The Kier molecular flexibility index (Phi) is 5.74. The van der Waals surface area contributed by atoms with Gasteiger partial charge in [-0.25, -0.2) is 0 Å². The van der Waals surface area contributed by atoms with Crippen LogP contribution in [0.2, 0.25) is 0 Å². The summed E-state index contributed by atoms with van der Waals surface area (Å²) in [6.45, 7) is 3.71. The zero-order valence-electron chi connectivity index (χ0n) is 11.6. The van der Waals surface area contributed by atoms with Gasteiger partial charge in [0.25, 0.3) is 0 Å². The number of aliphatic hydroxyl groups is 1. The van der Waals surface area contributed by atoms with Crippen molar-refractivity contribution in [2.75, 3.05) is 0 Å². The van der Waals surface area contributed by atoms with Crippen LogP contribution in [-0.2, 0) is 0 Å². The molecule has 0 spiro atoms. The molecule has 0 aliphatic rings. The molecule has 0 heterocycles. The molecule has 2 rings (SSSR count). The molecule has 0 fully saturated rings. The van der Waals surface area contributed by atoms with Gasteiger partial charge in [0.15, 0.2) is 0 Å². The zero-order chi connectivity index (χ0) is 14.4. The first-order valence-corrected chi connectivity index (χ1v) is 9.76. The quantitative estimate of drug-likeness (QED) is 0.616. The fourth-order valence-corrected chi connectivity index (χ4v) is 5.52. The Morgan fingerprint density at radius 1 is 1.00 bits per heavy atom. The molecule has 3 heteroatoms. The molecule has 0 aliphatic heterocycles. The van der Waals surface area contributed by atoms with Crippen LogP contribution in [0.25, 0.3) is 0 Å². The van der Waals surface area contributed by atoms with Crippen molar-refractivity contribution in [3.05, 3.63) is 69.7 Å². The van der Waals surface area contributed by atoms with Crippen molar-refractivity contribution in [1.29, 1.82) is 0 Å². The molecule has 0 radical (unpaired) electrons. The number of thioether (sulfide) groups is 1. The summed E-state index contributed by atoms with van der Waals surface area (Å²) in [5, 5.41) is 10.3. The normalized spacial score (nSPS) is 12.4. The molecule has 0 saturated carbocycles. The van der Waals surface area contributed by atoms with Crippen LogP contribution in [0, 0.1) is 0 Å². The fourth-order valence-electron chi connectivity index (χ4n) is 1.53. The van der Waals surface area contributed by atoms with Crippen molar-refractivity contribution in [3.63, 3.8) is 0 Å². The van der Waals surface area contributed by atoms with Crippen molar-refractivity contribution >= 4 is 36.3 Å². The molecule has 0 aliphatic carbocycles. The molecule has 2 aromatic carbocycles. The van der Waals surface area contributed by atoms with Gasteiger partial charge in [-0.3, -0.25) is 0 Å². The van der Waals surface area contributed by atoms with Gasteiger partial charge in [-0.2, -0.15) is 0 Å². The molecular weight excluding hydrogens is 380 g/mol. The van der Waals surface area contributed by atoms with Crippen LogP contribution < -0.4 is 3.61 Å². The summed E-state index contributed by atoms with van der Waals surface area (Å²) in [5.41, 5.74) is -0.792. The van der Waals surface area contributed by atoms with Gasteiger partial charge in [0.2, 0.25) is 0 Å². The SMILES string of the molecule is CC(C)(O)/C(=C\[Te]c1ccccc1)Sc1ccccc1. The molecule has 0 atom stereocenters. The van der Waals surface area contributed by atoms with E-state index in [9.17, 15) is 5.11 Å². The molecular formula is C17H18OSTe. The van der Waals surface area contributed by atoms with Crippen molar-refractivity contribution < 1.29 is 5.11 Å². The molecule has 1 nitrogen and oxygen atoms in total. The molecule has 104 valence electrons. The Bertz CT molecular complexity index is 559. The van der Waals surface area contributed by atoms with E-state index >= 15 is 0 Å². The summed E-state index contributed by atoms with van der Waals surface area (Å²) >= 11 is 1.25. The number of hydrogen-bond acceptors (Lipinski definition) is 2. The van der Waals surface area contributed by atoms with E-state index in [1.807, 2.05) is 38.1 Å². The summed E-state index contributed by atoms with van der Waals surface area (Å²) in [5.74, 6) is 0. The van der Waals surface area contributed by atoms with Crippen LogP contribution in [0.15, 0.2) is 74.6 Å². The van der Waals surface area contributed by atoms with Gasteiger partial charge >= 0.3 is 135 Å². The van der Waals surface area contributed by atoms with Gasteiger partial charge in [-0.1, -0.05) is 0 Å². The molecule has 20 heavy (non-hydrogen) atoms. The molecule has 2 aromatic rings. The van der Waals surface area contributed by atoms with Crippen LogP contribution in [0.3, 0.4) is 0 Å². The standard InChI is InChI=1S/C17H18OSTe/c1-17(2,18)16(19-14-9-5-3-6-10-14)13-20-15-11-7-4-8-12-15/h3-13,18H,1-2H3/b16-13+. The summed E-state index contributed by atoms with van der Waals surface area (Å²) < 4.78 is 3.63. The monoisotopic (exact) mass is 400 g/mol. The molecule has 1 N–H and O–H groups in total. The van der Waals surface area contributed by atoms with Crippen LogP contribution in [-0.4, -0.2) is 31.6 Å². The van der Waals surface area contributed by atoms with E-state index < -0.39 is 26.5 Å². The minimum atomic E-state index is -0.792. The van der Waals surface area contributed by atoms with E-state index in [-0.39, 0.29) is 0 Å². The van der Waals surface area contributed by atoms with Gasteiger partial charge < -0.3 is 0 Å². The first-order chi connectivity index (χ1) is 9.55. The van der Waals surface area contributed by atoms with E-state index in [0.29, 0.717) is 0 Å². The molecule has 0 unspecified atom stereocenters. The third kappa shape index (κ3) is 4.99. The summed E-state index contributed by atoms with van der Waals surface area (Å²) in [7, 11) is 0. The number of hydrogen-bond donors (Lipinski definition) is 1. The molecule has 0 bridgehead atoms. The van der Waals surface area contributed by atoms with Crippen LogP contribution in [0.1, 0.15) is 13.8 Å². The van der Waals surface area contributed by atoms with Gasteiger partial charge in [0, 0.05) is 0 Å². The Hall–Kier alpha value is -0.720. The first kappa shape index (κ1) is 15.7. The van der Waals surface area contributed by atoms with E-state index in [2.05, 4.69) is 40.5 Å². The molecule has 0 aromatic heterocycles. The van der Waals surface area contributed by atoms with E-state index in [1.165, 1.54) is 8.51 Å². The Morgan fingerprint density at radius 3 is 2.10 bits per heavy atom.